The van der Waals surface area contributed by atoms with Crippen LogP contribution in [0.15, 0.2) is 65.2 Å². The third-order valence-electron chi connectivity index (χ3n) is 6.15. The first-order valence-electron chi connectivity index (χ1n) is 10.6. The highest BCUT2D eigenvalue weighted by Crippen LogP contribution is 2.43. The van der Waals surface area contributed by atoms with Gasteiger partial charge < -0.3 is 14.6 Å². The number of furan rings is 1. The summed E-state index contributed by atoms with van der Waals surface area (Å²) in [5, 5.41) is 5.06. The molecule has 2 aliphatic rings. The molecule has 0 radical (unpaired) electrons. The van der Waals surface area contributed by atoms with Crippen LogP contribution in [0.4, 0.5) is 0 Å². The Morgan fingerprint density at radius 1 is 1.00 bits per heavy atom. The monoisotopic (exact) mass is 437 g/mol. The molecule has 1 aliphatic carbocycles. The topological polar surface area (TPSA) is 41.3 Å². The molecule has 1 aliphatic heterocycles. The van der Waals surface area contributed by atoms with Gasteiger partial charge in [0, 0.05) is 22.8 Å². The summed E-state index contributed by atoms with van der Waals surface area (Å²) in [4.78, 5) is 6.99. The molecule has 2 fully saturated rings. The number of thiocarbonyl (C=S) groups is 1. The van der Waals surface area contributed by atoms with E-state index >= 15 is 0 Å². The average molecular weight is 438 g/mol. The van der Waals surface area contributed by atoms with E-state index < -0.39 is 0 Å². The van der Waals surface area contributed by atoms with Crippen LogP contribution < -0.4 is 5.32 Å². The first-order chi connectivity index (χ1) is 14.7. The summed E-state index contributed by atoms with van der Waals surface area (Å²) in [7, 11) is 0. The van der Waals surface area contributed by atoms with Gasteiger partial charge in [-0.25, -0.2) is 0 Å². The summed E-state index contributed by atoms with van der Waals surface area (Å²) >= 11 is 11.9. The molecule has 4 nitrogen and oxygen atoms in total. The second-order valence-electron chi connectivity index (χ2n) is 8.03. The molecule has 1 saturated heterocycles. The van der Waals surface area contributed by atoms with Crippen LogP contribution in [0.25, 0.3) is 11.3 Å². The molecule has 0 bridgehead atoms. The zero-order chi connectivity index (χ0) is 20.5. The van der Waals surface area contributed by atoms with Gasteiger partial charge in [0.15, 0.2) is 5.11 Å². The maximum absolute atomic E-state index is 6.40. The van der Waals surface area contributed by atoms with Crippen molar-refractivity contribution in [2.45, 2.75) is 50.2 Å². The van der Waals surface area contributed by atoms with E-state index in [1.165, 1.54) is 19.3 Å². The van der Waals surface area contributed by atoms with Crippen molar-refractivity contribution in [2.24, 2.45) is 0 Å². The molecule has 30 heavy (non-hydrogen) atoms. The molecule has 3 aromatic rings. The van der Waals surface area contributed by atoms with Crippen LogP contribution in [0.5, 0.6) is 0 Å². The van der Waals surface area contributed by atoms with Crippen molar-refractivity contribution >= 4 is 28.9 Å². The highest BCUT2D eigenvalue weighted by molar-refractivity contribution is 7.80. The van der Waals surface area contributed by atoms with Crippen LogP contribution in [-0.4, -0.2) is 21.0 Å². The fourth-order valence-corrected chi connectivity index (χ4v) is 5.22. The lowest BCUT2D eigenvalue weighted by Gasteiger charge is -2.36. The Hall–Kier alpha value is -2.37. The smallest absolute Gasteiger partial charge is 0.170 e. The molecule has 1 N–H and O–H groups in total. The van der Waals surface area contributed by atoms with Crippen molar-refractivity contribution < 1.29 is 4.42 Å². The average Bonchev–Trinajstić information content (AvgIpc) is 3.40. The predicted octanol–water partition coefficient (Wildman–Crippen LogP) is 6.30. The van der Waals surface area contributed by atoms with Crippen LogP contribution >= 0.6 is 23.8 Å². The van der Waals surface area contributed by atoms with Gasteiger partial charge in [0.05, 0.1) is 11.7 Å². The fraction of sp³-hybridized carbons (Fsp3) is 0.333. The lowest BCUT2D eigenvalue weighted by Crippen LogP contribution is -2.40. The fourth-order valence-electron chi connectivity index (χ4n) is 4.70. The standard InChI is InChI=1S/C24H24ClN3OS/c25-17-11-9-16(10-12-17)20-13-14-21(29-20)23-22(19-8-4-5-15-26-19)27-24(30)28(23)18-6-2-1-3-7-18/h4-5,8-15,18,22-23H,1-3,6-7H2,(H,27,30)/t22-,23+/m1/s1. The summed E-state index contributed by atoms with van der Waals surface area (Å²) in [6.45, 7) is 0. The van der Waals surface area contributed by atoms with E-state index in [9.17, 15) is 0 Å². The summed E-state index contributed by atoms with van der Waals surface area (Å²) in [6, 6.07) is 18.3. The number of hydrogen-bond acceptors (Lipinski definition) is 3. The molecule has 3 heterocycles. The Morgan fingerprint density at radius 2 is 1.80 bits per heavy atom. The minimum absolute atomic E-state index is 0.0171. The van der Waals surface area contributed by atoms with Crippen molar-refractivity contribution in [1.29, 1.82) is 0 Å². The van der Waals surface area contributed by atoms with Gasteiger partial charge in [-0.1, -0.05) is 36.9 Å². The minimum atomic E-state index is -0.0372. The first-order valence-corrected chi connectivity index (χ1v) is 11.3. The molecular formula is C24H24ClN3OS. The molecule has 1 saturated carbocycles. The van der Waals surface area contributed by atoms with Gasteiger partial charge in [-0.15, -0.1) is 0 Å². The van der Waals surface area contributed by atoms with E-state index in [2.05, 4.69) is 27.3 Å². The van der Waals surface area contributed by atoms with Gasteiger partial charge in [-0.2, -0.15) is 0 Å². The molecular weight excluding hydrogens is 414 g/mol. The molecule has 0 unspecified atom stereocenters. The zero-order valence-corrected chi connectivity index (χ0v) is 18.2. The van der Waals surface area contributed by atoms with Crippen LogP contribution in [0, 0.1) is 0 Å². The maximum atomic E-state index is 6.40. The molecule has 1 aromatic carbocycles. The van der Waals surface area contributed by atoms with E-state index in [-0.39, 0.29) is 12.1 Å². The minimum Gasteiger partial charge on any atom is -0.459 e. The van der Waals surface area contributed by atoms with Crippen molar-refractivity contribution in [3.05, 3.63) is 77.3 Å². The van der Waals surface area contributed by atoms with Crippen molar-refractivity contribution in [3.63, 3.8) is 0 Å². The van der Waals surface area contributed by atoms with Crippen LogP contribution in [0.2, 0.25) is 5.02 Å². The first kappa shape index (κ1) is 19.6. The van der Waals surface area contributed by atoms with Gasteiger partial charge in [0.25, 0.3) is 0 Å². The Bertz CT molecular complexity index is 1010. The number of aromatic nitrogens is 1. The molecule has 0 amide bonds. The molecule has 6 heteroatoms. The van der Waals surface area contributed by atoms with E-state index in [0.717, 1.165) is 45.8 Å². The number of benzene rings is 1. The van der Waals surface area contributed by atoms with Gasteiger partial charge in [-0.3, -0.25) is 4.98 Å². The summed E-state index contributed by atoms with van der Waals surface area (Å²) in [6.07, 6.45) is 7.97. The number of pyridine rings is 1. The van der Waals surface area contributed by atoms with E-state index in [1.807, 2.05) is 48.7 Å². The Balaban J connectivity index is 1.53. The highest BCUT2D eigenvalue weighted by Gasteiger charge is 2.44. The molecule has 154 valence electrons. The largest absolute Gasteiger partial charge is 0.459 e. The Morgan fingerprint density at radius 3 is 2.53 bits per heavy atom. The quantitative estimate of drug-likeness (QED) is 0.485. The highest BCUT2D eigenvalue weighted by atomic mass is 35.5. The Labute approximate surface area is 187 Å². The SMILES string of the molecule is S=C1N[C@H](c2ccccn2)[C@H](c2ccc(-c3ccc(Cl)cc3)o2)N1C1CCCCC1. The normalized spacial score (nSPS) is 22.3. The van der Waals surface area contributed by atoms with Crippen molar-refractivity contribution in [2.75, 3.05) is 0 Å². The predicted molar refractivity (Wildman–Crippen MR) is 123 cm³/mol. The lowest BCUT2D eigenvalue weighted by atomic mass is 9.92. The second-order valence-corrected chi connectivity index (χ2v) is 8.86. The number of rotatable bonds is 4. The second kappa shape index (κ2) is 8.40. The van der Waals surface area contributed by atoms with Crippen molar-refractivity contribution in [3.8, 4) is 11.3 Å². The summed E-state index contributed by atoms with van der Waals surface area (Å²) in [5.41, 5.74) is 1.99. The number of nitrogens with one attached hydrogen (secondary N) is 1. The van der Waals surface area contributed by atoms with Gasteiger partial charge >= 0.3 is 0 Å². The summed E-state index contributed by atoms with van der Waals surface area (Å²) in [5.74, 6) is 1.75. The zero-order valence-electron chi connectivity index (χ0n) is 16.6. The van der Waals surface area contributed by atoms with E-state index in [4.69, 9.17) is 28.2 Å². The van der Waals surface area contributed by atoms with E-state index in [1.54, 1.807) is 0 Å². The van der Waals surface area contributed by atoms with E-state index in [0.29, 0.717) is 6.04 Å². The number of hydrogen-bond donors (Lipinski definition) is 1. The third-order valence-corrected chi connectivity index (χ3v) is 6.73. The van der Waals surface area contributed by atoms with Gasteiger partial charge in [0.2, 0.25) is 0 Å². The van der Waals surface area contributed by atoms with Crippen molar-refractivity contribution in [1.82, 2.24) is 15.2 Å². The van der Waals surface area contributed by atoms with Crippen LogP contribution in [0.1, 0.15) is 55.6 Å². The van der Waals surface area contributed by atoms with Crippen LogP contribution in [-0.2, 0) is 0 Å². The number of halogens is 1. The summed E-state index contributed by atoms with van der Waals surface area (Å²) < 4.78 is 6.40. The Kier molecular flexibility index (Phi) is 5.48. The van der Waals surface area contributed by atoms with Gasteiger partial charge in [0.1, 0.15) is 17.6 Å². The molecule has 5 rings (SSSR count). The van der Waals surface area contributed by atoms with Crippen LogP contribution in [0.3, 0.4) is 0 Å². The molecule has 0 spiro atoms. The molecule has 2 aromatic heterocycles. The molecule has 2 atom stereocenters. The lowest BCUT2D eigenvalue weighted by molar-refractivity contribution is 0.179. The maximum Gasteiger partial charge on any atom is 0.170 e. The third kappa shape index (κ3) is 3.72. The van der Waals surface area contributed by atoms with Gasteiger partial charge in [-0.05, 0) is 73.6 Å². The number of nitrogens with zero attached hydrogens (tertiary/aromatic N) is 2.